The van der Waals surface area contributed by atoms with E-state index in [1.54, 1.807) is 0 Å². The first-order chi connectivity index (χ1) is 45.8. The maximum absolute atomic E-state index is 13.1. The number of rotatable bonds is 74. The second-order valence-corrected chi connectivity index (χ2v) is 31.3. The van der Waals surface area contributed by atoms with Crippen molar-refractivity contribution in [2.45, 2.75) is 407 Å². The van der Waals surface area contributed by atoms with Crippen molar-refractivity contribution in [2.24, 2.45) is 17.8 Å². The van der Waals surface area contributed by atoms with Gasteiger partial charge in [0.15, 0.2) is 12.2 Å². The zero-order chi connectivity index (χ0) is 70.1. The summed E-state index contributed by atoms with van der Waals surface area (Å²) in [6, 6.07) is 0. The van der Waals surface area contributed by atoms with Gasteiger partial charge in [-0.1, -0.05) is 337 Å². The van der Waals surface area contributed by atoms with Crippen LogP contribution < -0.4 is 0 Å². The van der Waals surface area contributed by atoms with Gasteiger partial charge in [0.1, 0.15) is 19.3 Å². The van der Waals surface area contributed by atoms with Crippen molar-refractivity contribution in [3.63, 3.8) is 0 Å². The number of ether oxygens (including phenoxy) is 4. The third kappa shape index (κ3) is 67.6. The summed E-state index contributed by atoms with van der Waals surface area (Å²) in [6.45, 7) is 11.9. The highest BCUT2D eigenvalue weighted by atomic mass is 31.2. The average Bonchev–Trinajstić information content (AvgIpc) is 1.53. The molecular formula is C76H148O17P2. The molecule has 0 amide bonds. The zero-order valence-corrected chi connectivity index (χ0v) is 63.9. The quantitative estimate of drug-likeness (QED) is 0.0222. The largest absolute Gasteiger partial charge is 0.472 e. The normalized spacial score (nSPS) is 14.6. The molecule has 564 valence electrons. The molecule has 0 aliphatic carbocycles. The molecule has 0 aromatic carbocycles. The van der Waals surface area contributed by atoms with Crippen LogP contribution in [-0.4, -0.2) is 96.7 Å². The lowest BCUT2D eigenvalue weighted by Crippen LogP contribution is -2.30. The Hall–Kier alpha value is -1.94. The molecule has 0 bridgehead atoms. The van der Waals surface area contributed by atoms with Crippen LogP contribution in [0.2, 0.25) is 0 Å². The summed E-state index contributed by atoms with van der Waals surface area (Å²) >= 11 is 0. The Balaban J connectivity index is 5.26. The Morgan fingerprint density at radius 2 is 0.537 bits per heavy atom. The van der Waals surface area contributed by atoms with E-state index in [2.05, 4.69) is 48.5 Å². The van der Waals surface area contributed by atoms with Crippen LogP contribution in [-0.2, 0) is 65.4 Å². The second kappa shape index (κ2) is 66.6. The summed E-state index contributed by atoms with van der Waals surface area (Å²) in [5.74, 6) is 0.186. The average molecular weight is 1400 g/mol. The van der Waals surface area contributed by atoms with Gasteiger partial charge in [0.25, 0.3) is 0 Å². The van der Waals surface area contributed by atoms with Crippen LogP contribution in [0.3, 0.4) is 0 Å². The minimum atomic E-state index is -4.96. The van der Waals surface area contributed by atoms with E-state index in [0.29, 0.717) is 25.7 Å². The first-order valence-corrected chi connectivity index (χ1v) is 42.4. The molecule has 0 fully saturated rings. The van der Waals surface area contributed by atoms with Crippen molar-refractivity contribution in [3.8, 4) is 0 Å². The fourth-order valence-electron chi connectivity index (χ4n) is 11.5. The van der Waals surface area contributed by atoms with Gasteiger partial charge in [-0.05, 0) is 43.4 Å². The highest BCUT2D eigenvalue weighted by molar-refractivity contribution is 7.47. The molecule has 0 aromatic heterocycles. The van der Waals surface area contributed by atoms with Crippen LogP contribution in [0, 0.1) is 17.8 Å². The molecule has 95 heavy (non-hydrogen) atoms. The van der Waals surface area contributed by atoms with Gasteiger partial charge in [0.05, 0.1) is 26.4 Å². The second-order valence-electron chi connectivity index (χ2n) is 28.4. The molecule has 0 rings (SSSR count). The van der Waals surface area contributed by atoms with E-state index in [4.69, 9.17) is 37.0 Å². The number of carbonyl (C=O) groups is 4. The number of aliphatic hydroxyl groups excluding tert-OH is 1. The third-order valence-electron chi connectivity index (χ3n) is 18.4. The number of phosphoric acid groups is 2. The predicted octanol–water partition coefficient (Wildman–Crippen LogP) is 22.2. The van der Waals surface area contributed by atoms with Crippen molar-refractivity contribution < 1.29 is 80.2 Å². The lowest BCUT2D eigenvalue weighted by atomic mass is 9.99. The molecule has 0 heterocycles. The summed E-state index contributed by atoms with van der Waals surface area (Å²) in [6.07, 6.45) is 52.6. The van der Waals surface area contributed by atoms with Crippen molar-refractivity contribution in [3.05, 3.63) is 0 Å². The van der Waals surface area contributed by atoms with Crippen molar-refractivity contribution >= 4 is 39.5 Å². The Bertz CT molecular complexity index is 1860. The minimum Gasteiger partial charge on any atom is -0.462 e. The standard InChI is InChI=1S/C76H148O17P2/c1-8-11-12-13-14-15-16-17-18-19-20-21-22-23-28-38-45-52-59-75(80)92-71(63-86-73(78)57-50-43-36-27-25-24-26-34-41-48-55-68(6)9-2)65-90-94(82,83)88-61-70(77)62-89-95(84,85)91-66-72(64-87-74(79)58-51-44-37-31-29-33-40-47-54-67(4)5)93-76(81)60-53-46-39-32-30-35-42-49-56-69(7)10-3/h67-72,77H,8-66H2,1-7H3,(H,82,83)(H,84,85)/t68?,69?,70-,71-,72-/m1/s1. The van der Waals surface area contributed by atoms with Gasteiger partial charge in [-0.3, -0.25) is 37.3 Å². The Labute approximate surface area is 581 Å². The molecule has 0 aliphatic rings. The molecule has 7 atom stereocenters. The maximum Gasteiger partial charge on any atom is 0.472 e. The number of hydrogen-bond donors (Lipinski definition) is 3. The predicted molar refractivity (Wildman–Crippen MR) is 386 cm³/mol. The number of phosphoric ester groups is 2. The Kier molecular flexibility index (Phi) is 65.2. The molecular weight excluding hydrogens is 1250 g/mol. The van der Waals surface area contributed by atoms with E-state index < -0.39 is 97.5 Å². The monoisotopic (exact) mass is 1400 g/mol. The highest BCUT2D eigenvalue weighted by Gasteiger charge is 2.30. The fourth-order valence-corrected chi connectivity index (χ4v) is 13.1. The first-order valence-electron chi connectivity index (χ1n) is 39.4. The van der Waals surface area contributed by atoms with Gasteiger partial charge in [0, 0.05) is 25.7 Å². The van der Waals surface area contributed by atoms with Gasteiger partial charge in [-0.25, -0.2) is 9.13 Å². The molecule has 0 saturated heterocycles. The van der Waals surface area contributed by atoms with E-state index in [1.165, 1.54) is 199 Å². The van der Waals surface area contributed by atoms with Crippen LogP contribution in [0.5, 0.6) is 0 Å². The summed E-state index contributed by atoms with van der Waals surface area (Å²) in [5, 5.41) is 10.6. The van der Waals surface area contributed by atoms with Crippen LogP contribution in [0.25, 0.3) is 0 Å². The van der Waals surface area contributed by atoms with Crippen molar-refractivity contribution in [1.29, 1.82) is 0 Å². The molecule has 0 saturated carbocycles. The topological polar surface area (TPSA) is 237 Å². The third-order valence-corrected chi connectivity index (χ3v) is 20.3. The van der Waals surface area contributed by atoms with Gasteiger partial charge in [0.2, 0.25) is 0 Å². The molecule has 0 radical (unpaired) electrons. The summed E-state index contributed by atoms with van der Waals surface area (Å²) in [4.78, 5) is 72.8. The maximum atomic E-state index is 13.1. The Morgan fingerprint density at radius 3 is 0.800 bits per heavy atom. The van der Waals surface area contributed by atoms with E-state index in [0.717, 1.165) is 108 Å². The highest BCUT2D eigenvalue weighted by Crippen LogP contribution is 2.45. The van der Waals surface area contributed by atoms with E-state index in [1.807, 2.05) is 0 Å². The summed E-state index contributed by atoms with van der Waals surface area (Å²) in [7, 11) is -9.91. The van der Waals surface area contributed by atoms with Crippen molar-refractivity contribution in [1.82, 2.24) is 0 Å². The van der Waals surface area contributed by atoms with E-state index in [9.17, 15) is 43.2 Å². The minimum absolute atomic E-state index is 0.104. The fraction of sp³-hybridized carbons (Fsp3) is 0.947. The number of unbranched alkanes of at least 4 members (excludes halogenated alkanes) is 40. The molecule has 0 aliphatic heterocycles. The van der Waals surface area contributed by atoms with Gasteiger partial charge in [-0.2, -0.15) is 0 Å². The number of aliphatic hydroxyl groups is 1. The SMILES string of the molecule is CCCCCCCCCCCCCCCCCCCCC(=O)O[C@H](COC(=O)CCCCCCCCCCCCC(C)CC)COP(=O)(O)OC[C@@H](O)COP(=O)(O)OC[C@@H](COC(=O)CCCCCCCCCCC(C)C)OC(=O)CCCCCCCCCCC(C)CC. The molecule has 3 N–H and O–H groups in total. The summed E-state index contributed by atoms with van der Waals surface area (Å²) < 4.78 is 68.5. The molecule has 0 spiro atoms. The number of esters is 4. The number of carbonyl (C=O) groups excluding carboxylic acids is 4. The zero-order valence-electron chi connectivity index (χ0n) is 62.1. The van der Waals surface area contributed by atoms with Gasteiger partial charge >= 0.3 is 39.5 Å². The first kappa shape index (κ1) is 93.1. The summed E-state index contributed by atoms with van der Waals surface area (Å²) in [5.41, 5.74) is 0. The van der Waals surface area contributed by atoms with Crippen LogP contribution in [0.4, 0.5) is 0 Å². The molecule has 19 heteroatoms. The van der Waals surface area contributed by atoms with E-state index >= 15 is 0 Å². The number of hydrogen-bond acceptors (Lipinski definition) is 15. The molecule has 17 nitrogen and oxygen atoms in total. The molecule has 4 unspecified atom stereocenters. The Morgan fingerprint density at radius 1 is 0.305 bits per heavy atom. The molecule has 0 aromatic rings. The smallest absolute Gasteiger partial charge is 0.462 e. The van der Waals surface area contributed by atoms with Crippen LogP contribution in [0.15, 0.2) is 0 Å². The van der Waals surface area contributed by atoms with Gasteiger partial charge in [-0.15, -0.1) is 0 Å². The van der Waals surface area contributed by atoms with Crippen molar-refractivity contribution in [2.75, 3.05) is 39.6 Å². The van der Waals surface area contributed by atoms with Crippen LogP contribution >= 0.6 is 15.6 Å². The van der Waals surface area contributed by atoms with Crippen LogP contribution in [0.1, 0.15) is 389 Å². The lowest BCUT2D eigenvalue weighted by molar-refractivity contribution is -0.161. The lowest BCUT2D eigenvalue weighted by Gasteiger charge is -2.21. The van der Waals surface area contributed by atoms with E-state index in [-0.39, 0.29) is 25.7 Å². The van der Waals surface area contributed by atoms with Gasteiger partial charge < -0.3 is 33.8 Å².